The molecule has 0 spiro atoms. The molecule has 164 valence electrons. The number of halogens is 1. The zero-order chi connectivity index (χ0) is 21.9. The lowest BCUT2D eigenvalue weighted by Gasteiger charge is -2.26. The summed E-state index contributed by atoms with van der Waals surface area (Å²) < 4.78 is 39.2. The van der Waals surface area contributed by atoms with Crippen LogP contribution in [0.4, 0.5) is 0 Å². The van der Waals surface area contributed by atoms with E-state index >= 15 is 0 Å². The van der Waals surface area contributed by atoms with Crippen LogP contribution in [0.5, 0.6) is 0 Å². The highest BCUT2D eigenvalue weighted by Crippen LogP contribution is 2.25. The standard InChI is InChI=1S/C21H27ClN2O5S/c1-14(2)24(13-18-8-6-15(3)29-18)21(25)16-7-9-19(22)20(11-16)30(26,27)23-12-17-5-4-10-28-17/h6-9,11,14,17,23H,4-5,10,12-13H2,1-3H3. The van der Waals surface area contributed by atoms with Gasteiger partial charge in [0.1, 0.15) is 16.4 Å². The maximum Gasteiger partial charge on any atom is 0.254 e. The molecule has 1 amide bonds. The first kappa shape index (κ1) is 22.8. The van der Waals surface area contributed by atoms with Crippen LogP contribution in [0, 0.1) is 6.92 Å². The van der Waals surface area contributed by atoms with Crippen molar-refractivity contribution < 1.29 is 22.4 Å². The molecule has 1 aromatic carbocycles. The smallest absolute Gasteiger partial charge is 0.254 e. The van der Waals surface area contributed by atoms with Crippen molar-refractivity contribution in [1.82, 2.24) is 9.62 Å². The molecule has 1 saturated heterocycles. The number of ether oxygens (including phenoxy) is 1. The van der Waals surface area contributed by atoms with Crippen LogP contribution >= 0.6 is 11.6 Å². The highest BCUT2D eigenvalue weighted by molar-refractivity contribution is 7.89. The number of aryl methyl sites for hydroxylation is 1. The van der Waals surface area contributed by atoms with E-state index in [-0.39, 0.29) is 46.6 Å². The van der Waals surface area contributed by atoms with Crippen molar-refractivity contribution in [3.63, 3.8) is 0 Å². The minimum absolute atomic E-state index is 0.0594. The zero-order valence-corrected chi connectivity index (χ0v) is 18.9. The van der Waals surface area contributed by atoms with Gasteiger partial charge in [-0.25, -0.2) is 13.1 Å². The number of sulfonamides is 1. The molecule has 1 unspecified atom stereocenters. The van der Waals surface area contributed by atoms with Crippen molar-refractivity contribution >= 4 is 27.5 Å². The molecule has 0 radical (unpaired) electrons. The van der Waals surface area contributed by atoms with Gasteiger partial charge in [-0.1, -0.05) is 11.6 Å². The Bertz CT molecular complexity index is 997. The quantitative estimate of drug-likeness (QED) is 0.656. The first-order chi connectivity index (χ1) is 14.2. The number of amides is 1. The van der Waals surface area contributed by atoms with E-state index in [1.807, 2.05) is 32.9 Å². The highest BCUT2D eigenvalue weighted by Gasteiger charge is 2.26. The summed E-state index contributed by atoms with van der Waals surface area (Å²) in [6, 6.07) is 7.84. The lowest BCUT2D eigenvalue weighted by atomic mass is 10.1. The normalized spacial score (nSPS) is 16.9. The number of hydrogen-bond donors (Lipinski definition) is 1. The average molecular weight is 455 g/mol. The van der Waals surface area contributed by atoms with Crippen molar-refractivity contribution in [2.24, 2.45) is 0 Å². The molecule has 0 bridgehead atoms. The number of carbonyl (C=O) groups excluding carboxylic acids is 1. The molecular weight excluding hydrogens is 428 g/mol. The van der Waals surface area contributed by atoms with Crippen LogP contribution in [0.2, 0.25) is 5.02 Å². The van der Waals surface area contributed by atoms with Crippen molar-refractivity contribution in [2.45, 2.75) is 57.2 Å². The summed E-state index contributed by atoms with van der Waals surface area (Å²) in [5.41, 5.74) is 0.244. The van der Waals surface area contributed by atoms with Crippen LogP contribution in [0.25, 0.3) is 0 Å². The van der Waals surface area contributed by atoms with E-state index in [0.717, 1.165) is 18.6 Å². The average Bonchev–Trinajstić information content (AvgIpc) is 3.35. The van der Waals surface area contributed by atoms with Gasteiger partial charge < -0.3 is 14.1 Å². The molecule has 3 rings (SSSR count). The summed E-state index contributed by atoms with van der Waals surface area (Å²) in [4.78, 5) is 14.7. The molecule has 7 nitrogen and oxygen atoms in total. The number of nitrogens with one attached hydrogen (secondary N) is 1. The van der Waals surface area contributed by atoms with Gasteiger partial charge >= 0.3 is 0 Å². The second-order valence-electron chi connectivity index (χ2n) is 7.67. The third kappa shape index (κ3) is 5.43. The molecule has 1 atom stereocenters. The first-order valence-corrected chi connectivity index (χ1v) is 11.8. The van der Waals surface area contributed by atoms with Crippen molar-refractivity contribution in [3.8, 4) is 0 Å². The fourth-order valence-corrected chi connectivity index (χ4v) is 4.91. The molecule has 0 saturated carbocycles. The second kappa shape index (κ2) is 9.51. The summed E-state index contributed by atoms with van der Waals surface area (Å²) in [5.74, 6) is 1.12. The predicted molar refractivity (Wildman–Crippen MR) is 114 cm³/mol. The first-order valence-electron chi connectivity index (χ1n) is 9.94. The molecule has 0 aliphatic carbocycles. The Morgan fingerprint density at radius 3 is 2.67 bits per heavy atom. The Morgan fingerprint density at radius 1 is 1.30 bits per heavy atom. The number of nitrogens with zero attached hydrogens (tertiary/aromatic N) is 1. The summed E-state index contributed by atoms with van der Waals surface area (Å²) in [6.45, 7) is 6.72. The second-order valence-corrected chi connectivity index (χ2v) is 9.81. The molecule has 30 heavy (non-hydrogen) atoms. The van der Waals surface area contributed by atoms with E-state index < -0.39 is 10.0 Å². The molecule has 1 aromatic heterocycles. The van der Waals surface area contributed by atoms with Crippen molar-refractivity contribution in [3.05, 3.63) is 52.4 Å². The van der Waals surface area contributed by atoms with Gasteiger partial charge in [-0.3, -0.25) is 4.79 Å². The van der Waals surface area contributed by atoms with E-state index in [1.165, 1.54) is 18.2 Å². The topological polar surface area (TPSA) is 88.9 Å². The summed E-state index contributed by atoms with van der Waals surface area (Å²) >= 11 is 6.17. The molecule has 2 aromatic rings. The van der Waals surface area contributed by atoms with Gasteiger partial charge in [0, 0.05) is 24.8 Å². The molecule has 1 aliphatic heterocycles. The van der Waals surface area contributed by atoms with E-state index in [4.69, 9.17) is 20.8 Å². The number of hydrogen-bond acceptors (Lipinski definition) is 5. The van der Waals surface area contributed by atoms with Crippen LogP contribution in [0.1, 0.15) is 48.6 Å². The Hall–Kier alpha value is -1.87. The van der Waals surface area contributed by atoms with Gasteiger partial charge in [0.25, 0.3) is 5.91 Å². The van der Waals surface area contributed by atoms with Gasteiger partial charge in [0.15, 0.2) is 0 Å². The van der Waals surface area contributed by atoms with Crippen LogP contribution < -0.4 is 4.72 Å². The molecular formula is C21H27ClN2O5S. The third-order valence-electron chi connectivity index (χ3n) is 5.00. The lowest BCUT2D eigenvalue weighted by Crippen LogP contribution is -2.36. The Balaban J connectivity index is 1.81. The number of furan rings is 1. The maximum atomic E-state index is 13.2. The summed E-state index contributed by atoms with van der Waals surface area (Å²) in [5, 5.41) is 0.0594. The van der Waals surface area contributed by atoms with Gasteiger partial charge in [0.2, 0.25) is 10.0 Å². The van der Waals surface area contributed by atoms with Crippen LogP contribution in [0.3, 0.4) is 0 Å². The minimum Gasteiger partial charge on any atom is -0.464 e. The third-order valence-corrected chi connectivity index (χ3v) is 6.90. The van der Waals surface area contributed by atoms with Crippen LogP contribution in [-0.2, 0) is 21.3 Å². The van der Waals surface area contributed by atoms with E-state index in [0.29, 0.717) is 12.4 Å². The lowest BCUT2D eigenvalue weighted by molar-refractivity contribution is 0.0675. The van der Waals surface area contributed by atoms with Crippen molar-refractivity contribution in [2.75, 3.05) is 13.2 Å². The van der Waals surface area contributed by atoms with Crippen molar-refractivity contribution in [1.29, 1.82) is 0 Å². The molecule has 2 heterocycles. The maximum absolute atomic E-state index is 13.2. The summed E-state index contributed by atoms with van der Waals surface area (Å²) in [7, 11) is -3.89. The Labute approximate surface area is 182 Å². The SMILES string of the molecule is Cc1ccc(CN(C(=O)c2ccc(Cl)c(S(=O)(=O)NCC3CCCO3)c2)C(C)C)o1. The van der Waals surface area contributed by atoms with Crippen LogP contribution in [0.15, 0.2) is 39.6 Å². The van der Waals surface area contributed by atoms with Gasteiger partial charge in [-0.05, 0) is 63.9 Å². The number of carbonyl (C=O) groups is 1. The Kier molecular flexibility index (Phi) is 7.23. The fraction of sp³-hybridized carbons (Fsp3) is 0.476. The fourth-order valence-electron chi connectivity index (χ4n) is 3.32. The molecule has 9 heteroatoms. The number of rotatable bonds is 8. The summed E-state index contributed by atoms with van der Waals surface area (Å²) in [6.07, 6.45) is 1.58. The van der Waals surface area contributed by atoms with Gasteiger partial charge in [-0.2, -0.15) is 0 Å². The van der Waals surface area contributed by atoms with E-state index in [1.54, 1.807) is 4.90 Å². The predicted octanol–water partition coefficient (Wildman–Crippen LogP) is 3.75. The van der Waals surface area contributed by atoms with Gasteiger partial charge in [-0.15, -0.1) is 0 Å². The van der Waals surface area contributed by atoms with E-state index in [2.05, 4.69) is 4.72 Å². The monoisotopic (exact) mass is 454 g/mol. The molecule has 1 aliphatic rings. The van der Waals surface area contributed by atoms with Crippen LogP contribution in [-0.4, -0.2) is 44.5 Å². The largest absolute Gasteiger partial charge is 0.464 e. The van der Waals surface area contributed by atoms with E-state index in [9.17, 15) is 13.2 Å². The highest BCUT2D eigenvalue weighted by atomic mass is 35.5. The zero-order valence-electron chi connectivity index (χ0n) is 17.4. The Morgan fingerprint density at radius 2 is 2.07 bits per heavy atom. The van der Waals surface area contributed by atoms with Gasteiger partial charge in [0.05, 0.1) is 17.7 Å². The molecule has 1 N–H and O–H groups in total. The molecule has 1 fully saturated rings. The minimum atomic E-state index is -3.89. The number of benzene rings is 1.